The number of hydrogen-bond donors (Lipinski definition) is 1. The second kappa shape index (κ2) is 11.5. The van der Waals surface area contributed by atoms with Gasteiger partial charge < -0.3 is 14.6 Å². The molecule has 0 bridgehead atoms. The number of hydrogen-bond acceptors (Lipinski definition) is 5. The number of carbonyl (C=O) groups is 2. The first-order chi connectivity index (χ1) is 17.0. The van der Waals surface area contributed by atoms with Crippen LogP contribution in [0.3, 0.4) is 0 Å². The summed E-state index contributed by atoms with van der Waals surface area (Å²) in [5, 5.41) is 8.92. The number of piperidine rings is 1. The quantitative estimate of drug-likeness (QED) is 0.483. The summed E-state index contributed by atoms with van der Waals surface area (Å²) in [5.41, 5.74) is 4.05. The Morgan fingerprint density at radius 1 is 0.943 bits per heavy atom. The summed E-state index contributed by atoms with van der Waals surface area (Å²) in [4.78, 5) is 29.8. The van der Waals surface area contributed by atoms with Crippen molar-refractivity contribution in [2.45, 2.75) is 51.7 Å². The van der Waals surface area contributed by atoms with Gasteiger partial charge in [-0.2, -0.15) is 0 Å². The van der Waals surface area contributed by atoms with Crippen LogP contribution in [-0.2, 0) is 24.1 Å². The minimum atomic E-state index is -0.879. The molecule has 1 aliphatic rings. The van der Waals surface area contributed by atoms with Gasteiger partial charge in [0.15, 0.2) is 6.23 Å². The fourth-order valence-corrected chi connectivity index (χ4v) is 4.05. The highest BCUT2D eigenvalue weighted by molar-refractivity contribution is 5.71. The number of pyridine rings is 1. The van der Waals surface area contributed by atoms with Gasteiger partial charge in [0, 0.05) is 24.9 Å². The number of likely N-dealkylation sites (tertiary alicyclic amines) is 1. The third-order valence-electron chi connectivity index (χ3n) is 6.00. The molecule has 1 aromatic heterocycles. The number of nitrogens with zero attached hydrogens (tertiary/aromatic N) is 2. The van der Waals surface area contributed by atoms with Crippen molar-refractivity contribution in [3.63, 3.8) is 0 Å². The molecule has 1 N–H and O–H groups in total. The zero-order valence-corrected chi connectivity index (χ0v) is 19.9. The summed E-state index contributed by atoms with van der Waals surface area (Å²) in [6.07, 6.45) is 5.23. The molecule has 0 spiro atoms. The van der Waals surface area contributed by atoms with Crippen LogP contribution in [0.5, 0.6) is 11.5 Å². The molecule has 2 heterocycles. The van der Waals surface area contributed by atoms with Crippen molar-refractivity contribution in [1.29, 1.82) is 0 Å². The Bertz CT molecular complexity index is 1130. The highest BCUT2D eigenvalue weighted by Gasteiger charge is 2.30. The SMILES string of the molecule is Cc1ccc(CCc2ccc(OC(=O)N3CCCCC3Oc3ccc(CC(=O)O)cc3)cc2)nc1. The van der Waals surface area contributed by atoms with Crippen molar-refractivity contribution in [1.82, 2.24) is 9.88 Å². The third-order valence-corrected chi connectivity index (χ3v) is 6.00. The summed E-state index contributed by atoms with van der Waals surface area (Å²) >= 11 is 0. The lowest BCUT2D eigenvalue weighted by atomic mass is 10.1. The Balaban J connectivity index is 1.32. The molecule has 0 aliphatic carbocycles. The predicted octanol–water partition coefficient (Wildman–Crippen LogP) is 5.19. The summed E-state index contributed by atoms with van der Waals surface area (Å²) < 4.78 is 11.7. The lowest BCUT2D eigenvalue weighted by Crippen LogP contribution is -2.48. The molecule has 1 fully saturated rings. The highest BCUT2D eigenvalue weighted by Crippen LogP contribution is 2.24. The van der Waals surface area contributed by atoms with Crippen LogP contribution >= 0.6 is 0 Å². The van der Waals surface area contributed by atoms with Crippen LogP contribution in [0, 0.1) is 6.92 Å². The van der Waals surface area contributed by atoms with E-state index in [9.17, 15) is 9.59 Å². The van der Waals surface area contributed by atoms with Crippen LogP contribution < -0.4 is 9.47 Å². The van der Waals surface area contributed by atoms with Gasteiger partial charge in [-0.05, 0) is 79.6 Å². The summed E-state index contributed by atoms with van der Waals surface area (Å²) in [5.74, 6) is 0.210. The summed E-state index contributed by atoms with van der Waals surface area (Å²) in [6, 6.07) is 18.6. The molecule has 7 nitrogen and oxygen atoms in total. The van der Waals surface area contributed by atoms with Crippen LogP contribution in [0.25, 0.3) is 0 Å². The van der Waals surface area contributed by atoms with E-state index in [1.807, 2.05) is 43.5 Å². The first-order valence-corrected chi connectivity index (χ1v) is 11.9. The van der Waals surface area contributed by atoms with Gasteiger partial charge in [0.2, 0.25) is 0 Å². The van der Waals surface area contributed by atoms with Crippen molar-refractivity contribution < 1.29 is 24.2 Å². The average molecular weight is 475 g/mol. The number of amides is 1. The van der Waals surface area contributed by atoms with E-state index in [1.54, 1.807) is 29.2 Å². The number of rotatable bonds is 8. The van der Waals surface area contributed by atoms with Crippen LogP contribution in [0.2, 0.25) is 0 Å². The second-order valence-corrected chi connectivity index (χ2v) is 8.81. The van der Waals surface area contributed by atoms with E-state index in [1.165, 1.54) is 0 Å². The first kappa shape index (κ1) is 24.3. The number of benzene rings is 2. The fraction of sp³-hybridized carbons (Fsp3) is 0.321. The molecular formula is C28H30N2O5. The largest absolute Gasteiger partial charge is 0.481 e. The highest BCUT2D eigenvalue weighted by atomic mass is 16.6. The molecular weight excluding hydrogens is 444 g/mol. The molecule has 0 radical (unpaired) electrons. The summed E-state index contributed by atoms with van der Waals surface area (Å²) in [7, 11) is 0. The van der Waals surface area contributed by atoms with Gasteiger partial charge in [-0.3, -0.25) is 14.7 Å². The normalized spacial score (nSPS) is 15.5. The maximum Gasteiger partial charge on any atom is 0.418 e. The molecule has 182 valence electrons. The second-order valence-electron chi connectivity index (χ2n) is 8.81. The van der Waals surface area contributed by atoms with E-state index in [-0.39, 0.29) is 6.42 Å². The Hall–Kier alpha value is -3.87. The Morgan fingerprint density at radius 2 is 1.66 bits per heavy atom. The minimum Gasteiger partial charge on any atom is -0.481 e. The minimum absolute atomic E-state index is 0.0379. The molecule has 1 aliphatic heterocycles. The van der Waals surface area contributed by atoms with Crippen LogP contribution in [0.4, 0.5) is 4.79 Å². The van der Waals surface area contributed by atoms with Gasteiger partial charge in [-0.25, -0.2) is 4.79 Å². The number of ether oxygens (including phenoxy) is 2. The van der Waals surface area contributed by atoms with Crippen molar-refractivity contribution in [2.24, 2.45) is 0 Å². The predicted molar refractivity (Wildman–Crippen MR) is 132 cm³/mol. The van der Waals surface area contributed by atoms with Gasteiger partial charge in [-0.1, -0.05) is 30.3 Å². The van der Waals surface area contributed by atoms with E-state index < -0.39 is 18.3 Å². The van der Waals surface area contributed by atoms with Gasteiger partial charge in [0.05, 0.1) is 6.42 Å². The van der Waals surface area contributed by atoms with Crippen molar-refractivity contribution in [3.8, 4) is 11.5 Å². The number of carbonyl (C=O) groups excluding carboxylic acids is 1. The monoisotopic (exact) mass is 474 g/mol. The smallest absolute Gasteiger partial charge is 0.418 e. The summed E-state index contributed by atoms with van der Waals surface area (Å²) in [6.45, 7) is 2.58. The van der Waals surface area contributed by atoms with Crippen LogP contribution in [-0.4, -0.2) is 39.8 Å². The molecule has 7 heteroatoms. The number of aliphatic carboxylic acids is 1. The topological polar surface area (TPSA) is 89.0 Å². The van der Waals surface area contributed by atoms with Crippen molar-refractivity contribution >= 4 is 12.1 Å². The Kier molecular flexibility index (Phi) is 7.98. The maximum absolute atomic E-state index is 12.9. The zero-order valence-electron chi connectivity index (χ0n) is 19.9. The molecule has 1 amide bonds. The fourth-order valence-electron chi connectivity index (χ4n) is 4.05. The third kappa shape index (κ3) is 7.06. The van der Waals surface area contributed by atoms with E-state index >= 15 is 0 Å². The number of aromatic nitrogens is 1. The molecule has 35 heavy (non-hydrogen) atoms. The lowest BCUT2D eigenvalue weighted by Gasteiger charge is -2.34. The van der Waals surface area contributed by atoms with Crippen LogP contribution in [0.15, 0.2) is 66.9 Å². The first-order valence-electron chi connectivity index (χ1n) is 11.9. The van der Waals surface area contributed by atoms with Crippen LogP contribution in [0.1, 0.15) is 41.6 Å². The average Bonchev–Trinajstić information content (AvgIpc) is 2.86. The van der Waals surface area contributed by atoms with E-state index in [4.69, 9.17) is 14.6 Å². The Morgan fingerprint density at radius 3 is 2.34 bits per heavy atom. The molecule has 2 aromatic carbocycles. The zero-order chi connectivity index (χ0) is 24.6. The molecule has 0 saturated carbocycles. The maximum atomic E-state index is 12.9. The van der Waals surface area contributed by atoms with Gasteiger partial charge in [-0.15, -0.1) is 0 Å². The molecule has 4 rings (SSSR count). The van der Waals surface area contributed by atoms with Gasteiger partial charge in [0.25, 0.3) is 0 Å². The van der Waals surface area contributed by atoms with Crippen molar-refractivity contribution in [3.05, 3.63) is 89.2 Å². The Labute approximate surface area is 205 Å². The van der Waals surface area contributed by atoms with Gasteiger partial charge >= 0.3 is 12.1 Å². The van der Waals surface area contributed by atoms with E-state index in [0.29, 0.717) is 30.0 Å². The lowest BCUT2D eigenvalue weighted by molar-refractivity contribution is -0.136. The van der Waals surface area contributed by atoms with Gasteiger partial charge in [0.1, 0.15) is 11.5 Å². The molecule has 1 atom stereocenters. The standard InChI is InChI=1S/C28H30N2O5/c1-20-5-11-23(29-19-20)12-6-21-7-13-25(14-8-21)35-28(33)30-17-3-2-4-26(30)34-24-15-9-22(10-16-24)18-27(31)32/h5,7-11,13-16,19,26H,2-4,6,12,17-18H2,1H3,(H,31,32). The molecule has 1 saturated heterocycles. The molecule has 3 aromatic rings. The van der Waals surface area contributed by atoms with Crippen molar-refractivity contribution in [2.75, 3.05) is 6.54 Å². The molecule has 1 unspecified atom stereocenters. The van der Waals surface area contributed by atoms with E-state index in [0.717, 1.165) is 42.5 Å². The number of aryl methyl sites for hydroxylation is 3. The number of carboxylic acid groups (broad SMARTS) is 1. The number of carboxylic acids is 1. The van der Waals surface area contributed by atoms with E-state index in [2.05, 4.69) is 11.1 Å².